The van der Waals surface area contributed by atoms with Gasteiger partial charge in [-0.25, -0.2) is 0 Å². The van der Waals surface area contributed by atoms with E-state index in [9.17, 15) is 0 Å². The van der Waals surface area contributed by atoms with Gasteiger partial charge >= 0.3 is 0 Å². The van der Waals surface area contributed by atoms with Gasteiger partial charge in [0.15, 0.2) is 0 Å². The minimum absolute atomic E-state index is 0.0666. The highest BCUT2D eigenvalue weighted by Gasteiger charge is 2.11. The quantitative estimate of drug-likeness (QED) is 0.872. The molecule has 0 amide bonds. The van der Waals surface area contributed by atoms with E-state index < -0.39 is 0 Å². The van der Waals surface area contributed by atoms with Gasteiger partial charge < -0.3 is 10.5 Å². The Hall–Kier alpha value is -0.440. The van der Waals surface area contributed by atoms with Gasteiger partial charge in [-0.3, -0.25) is 0 Å². The summed E-state index contributed by atoms with van der Waals surface area (Å²) in [6.45, 7) is 1.93. The molecular weight excluding hydrogens is 221 g/mol. The summed E-state index contributed by atoms with van der Waals surface area (Å²) in [5.74, 6) is 0.588. The van der Waals surface area contributed by atoms with E-state index in [1.165, 1.54) is 0 Å². The summed E-state index contributed by atoms with van der Waals surface area (Å²) >= 11 is 12.0. The van der Waals surface area contributed by atoms with Crippen molar-refractivity contribution in [3.8, 4) is 5.75 Å². The molecule has 0 fully saturated rings. The summed E-state index contributed by atoms with van der Waals surface area (Å²) < 4.78 is 5.04. The summed E-state index contributed by atoms with van der Waals surface area (Å²) in [5, 5.41) is 0.982. The summed E-state index contributed by atoms with van der Waals surface area (Å²) in [4.78, 5) is 0. The summed E-state index contributed by atoms with van der Waals surface area (Å²) in [6.07, 6.45) is 0.711. The lowest BCUT2D eigenvalue weighted by Gasteiger charge is -2.11. The number of ether oxygens (including phenoxy) is 1. The standard InChI is InChI=1S/C10H13Cl2NO/c1-6(13)5-7-3-4-8(14-2)10(12)9(7)11/h3-4,6H,5,13H2,1-2H3. The molecule has 0 aliphatic rings. The molecular formula is C10H13Cl2NO. The van der Waals surface area contributed by atoms with Crippen LogP contribution in [0, 0.1) is 0 Å². The molecule has 1 unspecified atom stereocenters. The van der Waals surface area contributed by atoms with Crippen molar-refractivity contribution < 1.29 is 4.74 Å². The molecule has 0 bridgehead atoms. The zero-order valence-corrected chi connectivity index (χ0v) is 9.69. The van der Waals surface area contributed by atoms with Crippen molar-refractivity contribution in [1.82, 2.24) is 0 Å². The topological polar surface area (TPSA) is 35.2 Å². The van der Waals surface area contributed by atoms with Gasteiger partial charge in [0.25, 0.3) is 0 Å². The molecule has 0 aliphatic heterocycles. The molecule has 0 radical (unpaired) electrons. The van der Waals surface area contributed by atoms with Crippen LogP contribution in [-0.2, 0) is 6.42 Å². The van der Waals surface area contributed by atoms with E-state index in [0.29, 0.717) is 22.2 Å². The number of nitrogens with two attached hydrogens (primary N) is 1. The zero-order valence-electron chi connectivity index (χ0n) is 8.18. The molecule has 4 heteroatoms. The predicted molar refractivity (Wildman–Crippen MR) is 60.4 cm³/mol. The van der Waals surface area contributed by atoms with Crippen molar-refractivity contribution in [3.05, 3.63) is 27.7 Å². The largest absolute Gasteiger partial charge is 0.495 e. The Morgan fingerprint density at radius 1 is 1.36 bits per heavy atom. The third-order valence-electron chi connectivity index (χ3n) is 1.89. The van der Waals surface area contributed by atoms with Crippen LogP contribution in [0.1, 0.15) is 12.5 Å². The van der Waals surface area contributed by atoms with Gasteiger partial charge in [0.2, 0.25) is 0 Å². The lowest BCUT2D eigenvalue weighted by atomic mass is 10.1. The molecule has 0 saturated carbocycles. The lowest BCUT2D eigenvalue weighted by Crippen LogP contribution is -2.18. The number of methoxy groups -OCH3 is 1. The molecule has 1 atom stereocenters. The van der Waals surface area contributed by atoms with Crippen molar-refractivity contribution >= 4 is 23.2 Å². The van der Waals surface area contributed by atoms with E-state index in [2.05, 4.69) is 0 Å². The smallest absolute Gasteiger partial charge is 0.138 e. The molecule has 0 saturated heterocycles. The monoisotopic (exact) mass is 233 g/mol. The van der Waals surface area contributed by atoms with Crippen LogP contribution in [0.4, 0.5) is 0 Å². The van der Waals surface area contributed by atoms with Crippen LogP contribution < -0.4 is 10.5 Å². The van der Waals surface area contributed by atoms with E-state index in [0.717, 1.165) is 5.56 Å². The second kappa shape index (κ2) is 4.87. The fraction of sp³-hybridized carbons (Fsp3) is 0.400. The van der Waals surface area contributed by atoms with E-state index >= 15 is 0 Å². The van der Waals surface area contributed by atoms with Crippen LogP contribution in [0.15, 0.2) is 12.1 Å². The predicted octanol–water partition coefficient (Wildman–Crippen LogP) is 2.89. The number of hydrogen-bond donors (Lipinski definition) is 1. The van der Waals surface area contributed by atoms with Gasteiger partial charge in [0.05, 0.1) is 12.1 Å². The van der Waals surface area contributed by atoms with Gasteiger partial charge in [0, 0.05) is 6.04 Å². The van der Waals surface area contributed by atoms with E-state index in [-0.39, 0.29) is 6.04 Å². The fourth-order valence-corrected chi connectivity index (χ4v) is 1.73. The molecule has 0 heterocycles. The molecule has 2 N–H and O–H groups in total. The van der Waals surface area contributed by atoms with Gasteiger partial charge in [-0.2, -0.15) is 0 Å². The summed E-state index contributed by atoms with van der Waals surface area (Å²) in [6, 6.07) is 3.75. The third-order valence-corrected chi connectivity index (χ3v) is 2.79. The number of rotatable bonds is 3. The molecule has 0 aliphatic carbocycles. The molecule has 14 heavy (non-hydrogen) atoms. The number of halogens is 2. The molecule has 1 rings (SSSR count). The van der Waals surface area contributed by atoms with Crippen LogP contribution in [0.2, 0.25) is 10.0 Å². The zero-order chi connectivity index (χ0) is 10.7. The Kier molecular flexibility index (Phi) is 4.05. The molecule has 1 aromatic carbocycles. The average molecular weight is 234 g/mol. The third kappa shape index (κ3) is 2.53. The highest BCUT2D eigenvalue weighted by atomic mass is 35.5. The summed E-state index contributed by atoms with van der Waals surface area (Å²) in [7, 11) is 1.56. The first-order chi connectivity index (χ1) is 6.56. The first-order valence-corrected chi connectivity index (χ1v) is 5.08. The normalized spacial score (nSPS) is 12.6. The average Bonchev–Trinajstić information content (AvgIpc) is 2.13. The van der Waals surface area contributed by atoms with Crippen molar-refractivity contribution in [3.63, 3.8) is 0 Å². The molecule has 78 valence electrons. The Morgan fingerprint density at radius 3 is 2.50 bits per heavy atom. The Labute approximate surface area is 94.0 Å². The fourth-order valence-electron chi connectivity index (χ4n) is 1.23. The van der Waals surface area contributed by atoms with Gasteiger partial charge in [-0.1, -0.05) is 29.3 Å². The molecule has 0 spiro atoms. The van der Waals surface area contributed by atoms with E-state index in [1.807, 2.05) is 13.0 Å². The first-order valence-electron chi connectivity index (χ1n) is 4.32. The van der Waals surface area contributed by atoms with Crippen LogP contribution in [0.25, 0.3) is 0 Å². The second-order valence-corrected chi connectivity index (χ2v) is 3.99. The van der Waals surface area contributed by atoms with Crippen molar-refractivity contribution in [2.24, 2.45) is 5.73 Å². The molecule has 1 aromatic rings. The molecule has 0 aromatic heterocycles. The Bertz CT molecular complexity index is 326. The van der Waals surface area contributed by atoms with Crippen LogP contribution in [0.5, 0.6) is 5.75 Å². The van der Waals surface area contributed by atoms with E-state index in [1.54, 1.807) is 13.2 Å². The van der Waals surface area contributed by atoms with Gasteiger partial charge in [-0.15, -0.1) is 0 Å². The maximum atomic E-state index is 6.05. The highest BCUT2D eigenvalue weighted by molar-refractivity contribution is 6.43. The minimum atomic E-state index is 0.0666. The molecule has 2 nitrogen and oxygen atoms in total. The van der Waals surface area contributed by atoms with Crippen LogP contribution in [-0.4, -0.2) is 13.2 Å². The van der Waals surface area contributed by atoms with E-state index in [4.69, 9.17) is 33.7 Å². The number of hydrogen-bond acceptors (Lipinski definition) is 2. The maximum Gasteiger partial charge on any atom is 0.138 e. The second-order valence-electron chi connectivity index (χ2n) is 3.24. The Morgan fingerprint density at radius 2 is 2.00 bits per heavy atom. The minimum Gasteiger partial charge on any atom is -0.495 e. The van der Waals surface area contributed by atoms with Crippen LogP contribution >= 0.6 is 23.2 Å². The number of benzene rings is 1. The SMILES string of the molecule is COc1ccc(CC(C)N)c(Cl)c1Cl. The van der Waals surface area contributed by atoms with Gasteiger partial charge in [-0.05, 0) is 25.0 Å². The maximum absolute atomic E-state index is 6.05. The Balaban J connectivity index is 3.04. The van der Waals surface area contributed by atoms with Crippen LogP contribution in [0.3, 0.4) is 0 Å². The highest BCUT2D eigenvalue weighted by Crippen LogP contribution is 2.34. The van der Waals surface area contributed by atoms with Crippen molar-refractivity contribution in [2.75, 3.05) is 7.11 Å². The first kappa shape index (κ1) is 11.6. The summed E-state index contributed by atoms with van der Waals surface area (Å²) in [5.41, 5.74) is 6.63. The lowest BCUT2D eigenvalue weighted by molar-refractivity contribution is 0.415. The van der Waals surface area contributed by atoms with Crippen molar-refractivity contribution in [2.45, 2.75) is 19.4 Å². The van der Waals surface area contributed by atoms with Crippen molar-refractivity contribution in [1.29, 1.82) is 0 Å². The van der Waals surface area contributed by atoms with Gasteiger partial charge in [0.1, 0.15) is 10.8 Å².